The van der Waals surface area contributed by atoms with Crippen molar-refractivity contribution in [3.05, 3.63) is 35.8 Å². The number of pyridine rings is 1. The summed E-state index contributed by atoms with van der Waals surface area (Å²) in [6, 6.07) is 1.95. The van der Waals surface area contributed by atoms with Gasteiger partial charge in [-0.15, -0.1) is 0 Å². The fraction of sp³-hybridized carbons (Fsp3) is 0.357. The second kappa shape index (κ2) is 4.06. The summed E-state index contributed by atoms with van der Waals surface area (Å²) in [6.45, 7) is 6.87. The second-order valence-corrected chi connectivity index (χ2v) is 5.21. The number of nitrogens with one attached hydrogen (secondary N) is 1. The van der Waals surface area contributed by atoms with Crippen LogP contribution in [0.25, 0.3) is 11.0 Å². The zero-order chi connectivity index (χ0) is 13.7. The number of H-pyrrole nitrogens is 1. The zero-order valence-electron chi connectivity index (χ0n) is 11.6. The van der Waals surface area contributed by atoms with Gasteiger partial charge in [0, 0.05) is 25.0 Å². The van der Waals surface area contributed by atoms with Gasteiger partial charge in [-0.3, -0.25) is 0 Å². The molecule has 0 saturated heterocycles. The van der Waals surface area contributed by atoms with Crippen LogP contribution in [0.5, 0.6) is 0 Å². The number of hydrogen-bond acceptors (Lipinski definition) is 4. The second-order valence-electron chi connectivity index (χ2n) is 5.21. The molecule has 0 amide bonds. The van der Waals surface area contributed by atoms with E-state index in [0.29, 0.717) is 0 Å². The Labute approximate surface area is 116 Å². The molecule has 0 aliphatic carbocycles. The van der Waals surface area contributed by atoms with Gasteiger partial charge in [0.15, 0.2) is 5.82 Å². The van der Waals surface area contributed by atoms with Crippen LogP contribution in [0, 0.1) is 13.8 Å². The molecule has 0 fully saturated rings. The molecular formula is C14H16N6. The summed E-state index contributed by atoms with van der Waals surface area (Å²) < 4.78 is 2.30. The standard InChI is InChI=1S/C14H16N6/c1-9-10(2)20-6-5-19(7-12(20)18-9)14-13-11(3-4-15-14)16-8-17-13/h3-4,8H,5-7H2,1-2H3,(H,16,17). The topological polar surface area (TPSA) is 62.6 Å². The van der Waals surface area contributed by atoms with E-state index < -0.39 is 0 Å². The molecule has 0 spiro atoms. The Hall–Kier alpha value is -2.37. The molecule has 0 radical (unpaired) electrons. The van der Waals surface area contributed by atoms with Gasteiger partial charge in [0.2, 0.25) is 0 Å². The van der Waals surface area contributed by atoms with Gasteiger partial charge in [0.25, 0.3) is 0 Å². The summed E-state index contributed by atoms with van der Waals surface area (Å²) in [7, 11) is 0. The molecule has 0 atom stereocenters. The van der Waals surface area contributed by atoms with Crippen molar-refractivity contribution < 1.29 is 0 Å². The first-order valence-electron chi connectivity index (χ1n) is 6.79. The summed E-state index contributed by atoms with van der Waals surface area (Å²) >= 11 is 0. The average molecular weight is 268 g/mol. The number of anilines is 1. The smallest absolute Gasteiger partial charge is 0.157 e. The Morgan fingerprint density at radius 1 is 1.20 bits per heavy atom. The van der Waals surface area contributed by atoms with Crippen LogP contribution in [-0.4, -0.2) is 31.0 Å². The van der Waals surface area contributed by atoms with Crippen LogP contribution in [0.1, 0.15) is 17.2 Å². The summed E-state index contributed by atoms with van der Waals surface area (Å²) in [5, 5.41) is 0. The SMILES string of the molecule is Cc1nc2n(c1C)CCN(c1nccc3[nH]cnc13)C2. The van der Waals surface area contributed by atoms with E-state index >= 15 is 0 Å². The van der Waals surface area contributed by atoms with Gasteiger partial charge in [-0.05, 0) is 19.9 Å². The van der Waals surface area contributed by atoms with E-state index in [1.54, 1.807) is 6.33 Å². The Balaban J connectivity index is 1.76. The molecular weight excluding hydrogens is 252 g/mol. The maximum absolute atomic E-state index is 4.66. The van der Waals surface area contributed by atoms with Crippen molar-refractivity contribution in [1.82, 2.24) is 24.5 Å². The van der Waals surface area contributed by atoms with Gasteiger partial charge in [-0.1, -0.05) is 0 Å². The lowest BCUT2D eigenvalue weighted by atomic mass is 10.3. The third-order valence-corrected chi connectivity index (χ3v) is 4.08. The number of hydrogen-bond donors (Lipinski definition) is 1. The summed E-state index contributed by atoms with van der Waals surface area (Å²) in [5.74, 6) is 2.05. The third kappa shape index (κ3) is 1.54. The predicted molar refractivity (Wildman–Crippen MR) is 76.6 cm³/mol. The van der Waals surface area contributed by atoms with Gasteiger partial charge in [-0.2, -0.15) is 0 Å². The van der Waals surface area contributed by atoms with Crippen LogP contribution >= 0.6 is 0 Å². The average Bonchev–Trinajstić information content (AvgIpc) is 3.04. The molecule has 1 N–H and O–H groups in total. The van der Waals surface area contributed by atoms with Crippen molar-refractivity contribution in [2.75, 3.05) is 11.4 Å². The number of imidazole rings is 2. The fourth-order valence-electron chi connectivity index (χ4n) is 2.88. The van der Waals surface area contributed by atoms with E-state index in [-0.39, 0.29) is 0 Å². The Bertz CT molecular complexity index is 784. The molecule has 0 saturated carbocycles. The highest BCUT2D eigenvalue weighted by Gasteiger charge is 2.22. The fourth-order valence-corrected chi connectivity index (χ4v) is 2.88. The summed E-state index contributed by atoms with van der Waals surface area (Å²) in [4.78, 5) is 18.9. The van der Waals surface area contributed by atoms with Crippen molar-refractivity contribution >= 4 is 16.9 Å². The van der Waals surface area contributed by atoms with E-state index in [1.165, 1.54) is 5.69 Å². The van der Waals surface area contributed by atoms with E-state index in [1.807, 2.05) is 12.3 Å². The predicted octanol–water partition coefficient (Wildman–Crippen LogP) is 1.79. The molecule has 0 unspecified atom stereocenters. The number of rotatable bonds is 1. The molecule has 0 aromatic carbocycles. The van der Waals surface area contributed by atoms with Crippen molar-refractivity contribution in [3.63, 3.8) is 0 Å². The largest absolute Gasteiger partial charge is 0.345 e. The molecule has 1 aliphatic heterocycles. The highest BCUT2D eigenvalue weighted by molar-refractivity contribution is 5.85. The van der Waals surface area contributed by atoms with Crippen LogP contribution in [0.2, 0.25) is 0 Å². The Kier molecular flexibility index (Phi) is 2.33. The number of nitrogens with zero attached hydrogens (tertiary/aromatic N) is 5. The van der Waals surface area contributed by atoms with Crippen LogP contribution in [-0.2, 0) is 13.1 Å². The molecule has 6 heteroatoms. The van der Waals surface area contributed by atoms with E-state index in [2.05, 4.69) is 43.3 Å². The minimum atomic E-state index is 0.785. The maximum atomic E-state index is 4.66. The summed E-state index contributed by atoms with van der Waals surface area (Å²) in [6.07, 6.45) is 3.54. The van der Waals surface area contributed by atoms with Crippen molar-refractivity contribution in [2.24, 2.45) is 0 Å². The number of aromatic amines is 1. The molecule has 3 aromatic heterocycles. The van der Waals surface area contributed by atoms with Gasteiger partial charge in [-0.25, -0.2) is 15.0 Å². The number of aromatic nitrogens is 5. The molecule has 4 rings (SSSR count). The lowest BCUT2D eigenvalue weighted by molar-refractivity contribution is 0.548. The third-order valence-electron chi connectivity index (χ3n) is 4.08. The Morgan fingerprint density at radius 2 is 2.10 bits per heavy atom. The lowest BCUT2D eigenvalue weighted by Crippen LogP contribution is -2.34. The minimum Gasteiger partial charge on any atom is -0.345 e. The van der Waals surface area contributed by atoms with Crippen LogP contribution in [0.15, 0.2) is 18.6 Å². The molecule has 102 valence electrons. The van der Waals surface area contributed by atoms with Gasteiger partial charge >= 0.3 is 0 Å². The number of fused-ring (bicyclic) bond motifs is 2. The quantitative estimate of drug-likeness (QED) is 0.731. The number of aryl methyl sites for hydroxylation is 1. The lowest BCUT2D eigenvalue weighted by Gasteiger charge is -2.29. The van der Waals surface area contributed by atoms with E-state index in [4.69, 9.17) is 0 Å². The van der Waals surface area contributed by atoms with E-state index in [0.717, 1.165) is 48.0 Å². The minimum absolute atomic E-state index is 0.785. The molecule has 6 nitrogen and oxygen atoms in total. The first-order chi connectivity index (χ1) is 9.74. The molecule has 4 heterocycles. The molecule has 20 heavy (non-hydrogen) atoms. The zero-order valence-corrected chi connectivity index (χ0v) is 11.6. The van der Waals surface area contributed by atoms with Gasteiger partial charge in [0.05, 0.1) is 24.1 Å². The molecule has 3 aromatic rings. The highest BCUT2D eigenvalue weighted by Crippen LogP contribution is 2.25. The van der Waals surface area contributed by atoms with Gasteiger partial charge in [0.1, 0.15) is 11.3 Å². The highest BCUT2D eigenvalue weighted by atomic mass is 15.3. The maximum Gasteiger partial charge on any atom is 0.157 e. The van der Waals surface area contributed by atoms with Crippen molar-refractivity contribution in [2.45, 2.75) is 26.9 Å². The van der Waals surface area contributed by atoms with Gasteiger partial charge < -0.3 is 14.5 Å². The normalized spacial score (nSPS) is 14.8. The molecule has 0 bridgehead atoms. The van der Waals surface area contributed by atoms with Crippen LogP contribution in [0.3, 0.4) is 0 Å². The van der Waals surface area contributed by atoms with Crippen molar-refractivity contribution in [1.29, 1.82) is 0 Å². The molecule has 1 aliphatic rings. The Morgan fingerprint density at radius 3 is 3.00 bits per heavy atom. The monoisotopic (exact) mass is 268 g/mol. The first-order valence-corrected chi connectivity index (χ1v) is 6.79. The van der Waals surface area contributed by atoms with Crippen molar-refractivity contribution in [3.8, 4) is 0 Å². The summed E-state index contributed by atoms with van der Waals surface area (Å²) in [5.41, 5.74) is 4.34. The van der Waals surface area contributed by atoms with Crippen LogP contribution in [0.4, 0.5) is 5.82 Å². The van der Waals surface area contributed by atoms with E-state index in [9.17, 15) is 0 Å². The first kappa shape index (κ1) is 11.5. The van der Waals surface area contributed by atoms with Crippen LogP contribution < -0.4 is 4.90 Å².